The van der Waals surface area contributed by atoms with Crippen LogP contribution in [0.4, 0.5) is 0 Å². The molecule has 2 aromatic rings. The van der Waals surface area contributed by atoms with Gasteiger partial charge in [-0.25, -0.2) is 0 Å². The van der Waals surface area contributed by atoms with E-state index in [1.54, 1.807) is 18.5 Å². The van der Waals surface area contributed by atoms with Gasteiger partial charge in [0.25, 0.3) is 5.91 Å². The Hall–Kier alpha value is -2.40. The van der Waals surface area contributed by atoms with E-state index >= 15 is 0 Å². The van der Waals surface area contributed by atoms with Crippen LogP contribution in [0, 0.1) is 0 Å². The van der Waals surface area contributed by atoms with Crippen molar-refractivity contribution in [1.29, 1.82) is 0 Å². The van der Waals surface area contributed by atoms with Gasteiger partial charge in [-0.2, -0.15) is 0 Å². The number of carbonyl (C=O) groups excluding carboxylic acids is 1. The lowest BCUT2D eigenvalue weighted by Gasteiger charge is -2.34. The first-order chi connectivity index (χ1) is 11.8. The number of carbonyl (C=O) groups is 1. The molecule has 0 bridgehead atoms. The van der Waals surface area contributed by atoms with Crippen LogP contribution in [-0.2, 0) is 6.54 Å². The van der Waals surface area contributed by atoms with Crippen molar-refractivity contribution in [2.24, 2.45) is 0 Å². The van der Waals surface area contributed by atoms with E-state index in [4.69, 9.17) is 4.74 Å². The van der Waals surface area contributed by atoms with E-state index in [9.17, 15) is 4.79 Å². The van der Waals surface area contributed by atoms with Crippen molar-refractivity contribution in [2.75, 3.05) is 32.8 Å². The number of hydrogen-bond donors (Lipinski definition) is 0. The first-order valence-corrected chi connectivity index (χ1v) is 8.39. The Balaban J connectivity index is 1.51. The maximum atomic E-state index is 12.4. The molecule has 3 rings (SSSR count). The molecule has 0 unspecified atom stereocenters. The van der Waals surface area contributed by atoms with E-state index in [0.29, 0.717) is 12.2 Å². The molecule has 0 spiro atoms. The van der Waals surface area contributed by atoms with Crippen molar-refractivity contribution in [3.8, 4) is 5.75 Å². The smallest absolute Gasteiger partial charge is 0.255 e. The predicted octanol–water partition coefficient (Wildman–Crippen LogP) is 2.44. The fourth-order valence-corrected chi connectivity index (χ4v) is 2.90. The zero-order valence-corrected chi connectivity index (χ0v) is 14.0. The average molecular weight is 325 g/mol. The molecule has 126 valence electrons. The Morgan fingerprint density at radius 3 is 2.50 bits per heavy atom. The van der Waals surface area contributed by atoms with Crippen LogP contribution >= 0.6 is 0 Å². The summed E-state index contributed by atoms with van der Waals surface area (Å²) in [5, 5.41) is 0. The second kappa shape index (κ2) is 7.93. The van der Waals surface area contributed by atoms with Gasteiger partial charge in [0.1, 0.15) is 5.75 Å². The maximum Gasteiger partial charge on any atom is 0.255 e. The van der Waals surface area contributed by atoms with E-state index < -0.39 is 0 Å². The topological polar surface area (TPSA) is 45.7 Å². The van der Waals surface area contributed by atoms with E-state index in [1.807, 2.05) is 30.0 Å². The minimum Gasteiger partial charge on any atom is -0.494 e. The summed E-state index contributed by atoms with van der Waals surface area (Å²) >= 11 is 0. The lowest BCUT2D eigenvalue weighted by molar-refractivity contribution is 0.0628. The molecule has 0 saturated carbocycles. The number of nitrogens with zero attached hydrogens (tertiary/aromatic N) is 3. The van der Waals surface area contributed by atoms with Crippen LogP contribution < -0.4 is 4.74 Å². The van der Waals surface area contributed by atoms with Crippen molar-refractivity contribution in [1.82, 2.24) is 14.8 Å². The molecule has 0 N–H and O–H groups in total. The summed E-state index contributed by atoms with van der Waals surface area (Å²) in [6.07, 6.45) is 3.32. The van der Waals surface area contributed by atoms with Crippen molar-refractivity contribution in [2.45, 2.75) is 13.5 Å². The Kier molecular flexibility index (Phi) is 5.43. The van der Waals surface area contributed by atoms with Gasteiger partial charge in [0, 0.05) is 45.1 Å². The van der Waals surface area contributed by atoms with Crippen molar-refractivity contribution in [3.63, 3.8) is 0 Å². The van der Waals surface area contributed by atoms with Crippen LogP contribution in [0.15, 0.2) is 48.8 Å². The number of rotatable bonds is 5. The van der Waals surface area contributed by atoms with Gasteiger partial charge in [0.2, 0.25) is 0 Å². The molecule has 1 aliphatic rings. The number of hydrogen-bond acceptors (Lipinski definition) is 4. The quantitative estimate of drug-likeness (QED) is 0.847. The summed E-state index contributed by atoms with van der Waals surface area (Å²) in [6.45, 7) is 6.86. The molecule has 1 amide bonds. The number of piperazine rings is 1. The Bertz CT molecular complexity index is 650. The number of amides is 1. The summed E-state index contributed by atoms with van der Waals surface area (Å²) < 4.78 is 5.47. The second-order valence-electron chi connectivity index (χ2n) is 5.89. The van der Waals surface area contributed by atoms with Crippen LogP contribution in [0.25, 0.3) is 0 Å². The van der Waals surface area contributed by atoms with E-state index in [1.165, 1.54) is 5.56 Å². The number of pyridine rings is 1. The number of benzene rings is 1. The molecule has 24 heavy (non-hydrogen) atoms. The lowest BCUT2D eigenvalue weighted by Crippen LogP contribution is -2.48. The van der Waals surface area contributed by atoms with Gasteiger partial charge >= 0.3 is 0 Å². The highest BCUT2D eigenvalue weighted by Crippen LogP contribution is 2.15. The summed E-state index contributed by atoms with van der Waals surface area (Å²) in [5.74, 6) is 0.983. The minimum absolute atomic E-state index is 0.0730. The molecule has 5 nitrogen and oxygen atoms in total. The van der Waals surface area contributed by atoms with Crippen LogP contribution in [0.5, 0.6) is 5.75 Å². The molecule has 0 atom stereocenters. The molecule has 5 heteroatoms. The molecule has 0 radical (unpaired) electrons. The maximum absolute atomic E-state index is 12.4. The number of ether oxygens (including phenoxy) is 1. The molecule has 1 aromatic carbocycles. The first kappa shape index (κ1) is 16.5. The largest absolute Gasteiger partial charge is 0.494 e. The van der Waals surface area contributed by atoms with Crippen LogP contribution in [0.3, 0.4) is 0 Å². The zero-order valence-electron chi connectivity index (χ0n) is 14.0. The molecule has 0 aliphatic carbocycles. The monoisotopic (exact) mass is 325 g/mol. The van der Waals surface area contributed by atoms with E-state index in [-0.39, 0.29) is 5.91 Å². The van der Waals surface area contributed by atoms with Crippen LogP contribution in [0.1, 0.15) is 22.8 Å². The van der Waals surface area contributed by atoms with Crippen molar-refractivity contribution in [3.05, 3.63) is 59.9 Å². The lowest BCUT2D eigenvalue weighted by atomic mass is 10.1. The highest BCUT2D eigenvalue weighted by molar-refractivity contribution is 5.93. The summed E-state index contributed by atoms with van der Waals surface area (Å²) in [5.41, 5.74) is 1.93. The van der Waals surface area contributed by atoms with Crippen LogP contribution in [0.2, 0.25) is 0 Å². The molecule has 1 aromatic heterocycles. The fourth-order valence-electron chi connectivity index (χ4n) is 2.90. The normalized spacial score (nSPS) is 15.3. The van der Waals surface area contributed by atoms with Gasteiger partial charge in [0.05, 0.1) is 12.2 Å². The predicted molar refractivity (Wildman–Crippen MR) is 93.0 cm³/mol. The van der Waals surface area contributed by atoms with Gasteiger partial charge in [0.15, 0.2) is 0 Å². The van der Waals surface area contributed by atoms with Gasteiger partial charge in [-0.1, -0.05) is 12.1 Å². The third-order valence-electron chi connectivity index (χ3n) is 4.21. The highest BCUT2D eigenvalue weighted by atomic mass is 16.5. The highest BCUT2D eigenvalue weighted by Gasteiger charge is 2.22. The van der Waals surface area contributed by atoms with Gasteiger partial charge < -0.3 is 9.64 Å². The van der Waals surface area contributed by atoms with Gasteiger partial charge in [-0.05, 0) is 36.8 Å². The third-order valence-corrected chi connectivity index (χ3v) is 4.21. The summed E-state index contributed by atoms with van der Waals surface area (Å²) in [4.78, 5) is 20.7. The number of aromatic nitrogens is 1. The van der Waals surface area contributed by atoms with Crippen molar-refractivity contribution >= 4 is 5.91 Å². The minimum atomic E-state index is 0.0730. The molecular formula is C19H23N3O2. The molecule has 2 heterocycles. The van der Waals surface area contributed by atoms with Crippen molar-refractivity contribution < 1.29 is 9.53 Å². The van der Waals surface area contributed by atoms with Crippen LogP contribution in [-0.4, -0.2) is 53.5 Å². The molecule has 1 fully saturated rings. The molecule has 1 saturated heterocycles. The fraction of sp³-hybridized carbons (Fsp3) is 0.368. The SMILES string of the molecule is CCOc1ccc(CN2CCN(C(=O)c3cccnc3)CC2)cc1. The van der Waals surface area contributed by atoms with E-state index in [2.05, 4.69) is 22.0 Å². The Labute approximate surface area is 142 Å². The summed E-state index contributed by atoms with van der Waals surface area (Å²) in [6, 6.07) is 11.9. The van der Waals surface area contributed by atoms with E-state index in [0.717, 1.165) is 38.5 Å². The standard InChI is InChI=1S/C19H23N3O2/c1-2-24-18-7-5-16(6-8-18)15-21-10-12-22(13-11-21)19(23)17-4-3-9-20-14-17/h3-9,14H,2,10-13,15H2,1H3. The summed E-state index contributed by atoms with van der Waals surface area (Å²) in [7, 11) is 0. The Morgan fingerprint density at radius 1 is 1.12 bits per heavy atom. The van der Waals surface area contributed by atoms with Gasteiger partial charge in [-0.15, -0.1) is 0 Å². The third kappa shape index (κ3) is 4.11. The zero-order chi connectivity index (χ0) is 16.8. The van der Waals surface area contributed by atoms with Gasteiger partial charge in [-0.3, -0.25) is 14.7 Å². The Morgan fingerprint density at radius 2 is 1.88 bits per heavy atom. The molecular weight excluding hydrogens is 302 g/mol. The average Bonchev–Trinajstić information content (AvgIpc) is 2.64. The molecule has 1 aliphatic heterocycles. The first-order valence-electron chi connectivity index (χ1n) is 8.39. The second-order valence-corrected chi connectivity index (χ2v) is 5.89.